The molecule has 1 aliphatic heterocycles. The number of carbonyl (C=O) groups is 2. The topological polar surface area (TPSA) is 85.9 Å². The number of hydrogen-bond donors (Lipinski definition) is 0. The maximum atomic E-state index is 13.4. The number of esters is 1. The Balaban J connectivity index is 1.81. The third-order valence-electron chi connectivity index (χ3n) is 6.12. The molecule has 1 aromatic carbocycles. The van der Waals surface area contributed by atoms with Crippen LogP contribution in [0.2, 0.25) is 0 Å². The lowest BCUT2D eigenvalue weighted by atomic mass is 9.72. The van der Waals surface area contributed by atoms with Crippen molar-refractivity contribution in [2.45, 2.75) is 58.3 Å². The normalized spacial score (nSPS) is 21.1. The van der Waals surface area contributed by atoms with Crippen LogP contribution in [-0.2, 0) is 14.3 Å². The van der Waals surface area contributed by atoms with Gasteiger partial charge in [0.2, 0.25) is 0 Å². The van der Waals surface area contributed by atoms with Crippen LogP contribution in [0.4, 0.5) is 0 Å². The van der Waals surface area contributed by atoms with Crippen molar-refractivity contribution in [3.63, 3.8) is 0 Å². The van der Waals surface area contributed by atoms with E-state index in [1.54, 1.807) is 31.2 Å². The number of Topliss-reactive ketones (excluding diaryl/α,β-unsaturated/α-hetero) is 1. The Morgan fingerprint density at radius 3 is 2.81 bits per heavy atom. The molecule has 0 fully saturated rings. The van der Waals surface area contributed by atoms with Crippen LogP contribution in [0.5, 0.6) is 0 Å². The highest BCUT2D eigenvalue weighted by Gasteiger charge is 2.44. The highest BCUT2D eigenvalue weighted by Crippen LogP contribution is 2.43. The first-order chi connectivity index (χ1) is 15.0. The van der Waals surface area contributed by atoms with E-state index < -0.39 is 17.8 Å². The second-order valence-corrected chi connectivity index (χ2v) is 8.24. The Kier molecular flexibility index (Phi) is 6.16. The zero-order chi connectivity index (χ0) is 22.0. The molecule has 2 aliphatic rings. The standard InChI is InChI=1S/C25H27NO5/c1-3-4-7-13-30-25(29)21-15(2)26-18-10-8-11-19(27)23(18)22(21)17-14-31-20-12-6-5-9-16(20)24(17)28/h5-6,9,12,14,21-22H,3-4,7-8,10-11,13H2,1-2H3/t21?,22-/m1/s1. The molecular formula is C25H27NO5. The largest absolute Gasteiger partial charge is 0.465 e. The SMILES string of the molecule is CCCCCOC(=O)C1C(C)=NC2=C(C(=O)CCC2)[C@@H]1c1coc2ccccc2c1=O. The van der Waals surface area contributed by atoms with Gasteiger partial charge in [-0.25, -0.2) is 0 Å². The van der Waals surface area contributed by atoms with Gasteiger partial charge in [0.1, 0.15) is 11.5 Å². The molecule has 6 nitrogen and oxygen atoms in total. The zero-order valence-electron chi connectivity index (χ0n) is 18.0. The van der Waals surface area contributed by atoms with Gasteiger partial charge in [-0.3, -0.25) is 19.4 Å². The summed E-state index contributed by atoms with van der Waals surface area (Å²) in [4.78, 5) is 44.1. The summed E-state index contributed by atoms with van der Waals surface area (Å²) in [5.41, 5.74) is 2.28. The second-order valence-electron chi connectivity index (χ2n) is 8.24. The monoisotopic (exact) mass is 421 g/mol. The van der Waals surface area contributed by atoms with Gasteiger partial charge >= 0.3 is 5.97 Å². The lowest BCUT2D eigenvalue weighted by Crippen LogP contribution is -2.39. The van der Waals surface area contributed by atoms with Crippen molar-refractivity contribution in [2.75, 3.05) is 6.61 Å². The van der Waals surface area contributed by atoms with E-state index in [1.807, 2.05) is 0 Å². The molecule has 0 radical (unpaired) electrons. The van der Waals surface area contributed by atoms with Crippen molar-refractivity contribution < 1.29 is 18.7 Å². The quantitative estimate of drug-likeness (QED) is 0.498. The highest BCUT2D eigenvalue weighted by atomic mass is 16.5. The Bertz CT molecular complexity index is 1140. The molecular weight excluding hydrogens is 394 g/mol. The first kappa shape index (κ1) is 21.2. The maximum absolute atomic E-state index is 13.4. The molecule has 1 aromatic heterocycles. The number of rotatable bonds is 6. The fraction of sp³-hybridized carbons (Fsp3) is 0.440. The van der Waals surface area contributed by atoms with E-state index in [-0.39, 0.29) is 11.2 Å². The van der Waals surface area contributed by atoms with E-state index in [0.717, 1.165) is 25.7 Å². The van der Waals surface area contributed by atoms with Crippen LogP contribution in [-0.4, -0.2) is 24.1 Å². The summed E-state index contributed by atoms with van der Waals surface area (Å²) < 4.78 is 11.3. The molecule has 0 bridgehead atoms. The average Bonchev–Trinajstić information content (AvgIpc) is 2.76. The summed E-state index contributed by atoms with van der Waals surface area (Å²) in [6.45, 7) is 4.17. The molecule has 4 rings (SSSR count). The molecule has 0 amide bonds. The number of aliphatic imine (C=N–C) groups is 1. The lowest BCUT2D eigenvalue weighted by molar-refractivity contribution is -0.146. The number of nitrogens with zero attached hydrogens (tertiary/aromatic N) is 1. The molecule has 1 aliphatic carbocycles. The number of fused-ring (bicyclic) bond motifs is 1. The molecule has 2 heterocycles. The predicted octanol–water partition coefficient (Wildman–Crippen LogP) is 4.71. The zero-order valence-corrected chi connectivity index (χ0v) is 18.0. The van der Waals surface area contributed by atoms with Crippen LogP contribution in [0, 0.1) is 5.92 Å². The third-order valence-corrected chi connectivity index (χ3v) is 6.12. The number of ether oxygens (including phenoxy) is 1. The first-order valence-electron chi connectivity index (χ1n) is 11.0. The van der Waals surface area contributed by atoms with Gasteiger partial charge in [0, 0.05) is 34.9 Å². The van der Waals surface area contributed by atoms with E-state index >= 15 is 0 Å². The van der Waals surface area contributed by atoms with E-state index in [2.05, 4.69) is 11.9 Å². The van der Waals surface area contributed by atoms with Gasteiger partial charge in [-0.2, -0.15) is 0 Å². The Hall–Kier alpha value is -3.02. The van der Waals surface area contributed by atoms with Crippen molar-refractivity contribution >= 4 is 28.4 Å². The Morgan fingerprint density at radius 1 is 1.19 bits per heavy atom. The fourth-order valence-corrected chi connectivity index (χ4v) is 4.57. The van der Waals surface area contributed by atoms with Crippen LogP contribution >= 0.6 is 0 Å². The molecule has 0 saturated carbocycles. The van der Waals surface area contributed by atoms with Crippen molar-refractivity contribution in [3.8, 4) is 0 Å². The van der Waals surface area contributed by atoms with Gasteiger partial charge in [-0.1, -0.05) is 31.9 Å². The van der Waals surface area contributed by atoms with Crippen molar-refractivity contribution in [1.82, 2.24) is 0 Å². The highest BCUT2D eigenvalue weighted by molar-refractivity contribution is 6.08. The summed E-state index contributed by atoms with van der Waals surface area (Å²) in [6.07, 6.45) is 5.94. The number of benzene rings is 1. The van der Waals surface area contributed by atoms with Crippen molar-refractivity contribution in [3.05, 3.63) is 57.6 Å². The molecule has 0 spiro atoms. The minimum atomic E-state index is -0.813. The average molecular weight is 421 g/mol. The van der Waals surface area contributed by atoms with Gasteiger partial charge in [-0.05, 0) is 38.3 Å². The van der Waals surface area contributed by atoms with Crippen LogP contribution in [0.15, 0.2) is 56.0 Å². The molecule has 2 atom stereocenters. The number of para-hydroxylation sites is 1. The van der Waals surface area contributed by atoms with Crippen molar-refractivity contribution in [1.29, 1.82) is 0 Å². The third kappa shape index (κ3) is 3.99. The van der Waals surface area contributed by atoms with E-state index in [4.69, 9.17) is 9.15 Å². The van der Waals surface area contributed by atoms with E-state index in [9.17, 15) is 14.4 Å². The predicted molar refractivity (Wildman–Crippen MR) is 118 cm³/mol. The summed E-state index contributed by atoms with van der Waals surface area (Å²) in [7, 11) is 0. The maximum Gasteiger partial charge on any atom is 0.315 e. The first-order valence-corrected chi connectivity index (χ1v) is 11.0. The minimum Gasteiger partial charge on any atom is -0.465 e. The Morgan fingerprint density at radius 2 is 2.00 bits per heavy atom. The van der Waals surface area contributed by atoms with Crippen LogP contribution in [0.1, 0.15) is 63.9 Å². The van der Waals surface area contributed by atoms with Gasteiger partial charge in [0.15, 0.2) is 11.2 Å². The minimum absolute atomic E-state index is 0.0566. The summed E-state index contributed by atoms with van der Waals surface area (Å²) in [5.74, 6) is -2.05. The second kappa shape index (κ2) is 9.00. The number of hydrogen-bond acceptors (Lipinski definition) is 6. The molecule has 2 aromatic rings. The van der Waals surface area contributed by atoms with E-state index in [0.29, 0.717) is 53.0 Å². The fourth-order valence-electron chi connectivity index (χ4n) is 4.57. The molecule has 1 unspecified atom stereocenters. The number of allylic oxidation sites excluding steroid dienone is 2. The molecule has 6 heteroatoms. The van der Waals surface area contributed by atoms with E-state index in [1.165, 1.54) is 6.26 Å². The van der Waals surface area contributed by atoms with Crippen LogP contribution < -0.4 is 5.43 Å². The van der Waals surface area contributed by atoms with Crippen LogP contribution in [0.25, 0.3) is 11.0 Å². The van der Waals surface area contributed by atoms with Gasteiger partial charge in [0.25, 0.3) is 0 Å². The van der Waals surface area contributed by atoms with Crippen LogP contribution in [0.3, 0.4) is 0 Å². The molecule has 0 N–H and O–H groups in total. The van der Waals surface area contributed by atoms with Gasteiger partial charge < -0.3 is 9.15 Å². The smallest absolute Gasteiger partial charge is 0.315 e. The molecule has 162 valence electrons. The number of unbranched alkanes of at least 4 members (excludes halogenated alkanes) is 2. The summed E-state index contributed by atoms with van der Waals surface area (Å²) >= 11 is 0. The molecule has 31 heavy (non-hydrogen) atoms. The van der Waals surface area contributed by atoms with Gasteiger partial charge in [-0.15, -0.1) is 0 Å². The number of ketones is 1. The molecule has 0 saturated heterocycles. The van der Waals surface area contributed by atoms with Gasteiger partial charge in [0.05, 0.1) is 18.3 Å². The number of carbonyl (C=O) groups excluding carboxylic acids is 2. The van der Waals surface area contributed by atoms with Crippen molar-refractivity contribution in [2.24, 2.45) is 10.9 Å². The Labute approximate surface area is 181 Å². The lowest BCUT2D eigenvalue weighted by Gasteiger charge is -2.33. The summed E-state index contributed by atoms with van der Waals surface area (Å²) in [5, 5.41) is 0.431. The summed E-state index contributed by atoms with van der Waals surface area (Å²) in [6, 6.07) is 6.99.